The lowest BCUT2D eigenvalue weighted by Crippen LogP contribution is -2.32. The number of nitrogens with two attached hydrogens (primary N) is 1. The Morgan fingerprint density at radius 1 is 1.29 bits per heavy atom. The Morgan fingerprint density at radius 2 is 2.05 bits per heavy atom. The van der Waals surface area contributed by atoms with Gasteiger partial charge < -0.3 is 20.5 Å². The van der Waals surface area contributed by atoms with Crippen molar-refractivity contribution < 1.29 is 14.3 Å². The first-order chi connectivity index (χ1) is 10.3. The monoisotopic (exact) mass is 292 g/mol. The van der Waals surface area contributed by atoms with E-state index in [1.807, 2.05) is 24.3 Å². The lowest BCUT2D eigenvalue weighted by Gasteiger charge is -2.12. The normalized spacial score (nSPS) is 15.1. The van der Waals surface area contributed by atoms with Crippen LogP contribution in [0.1, 0.15) is 31.2 Å². The number of carbonyl (C=O) groups is 1. The van der Waals surface area contributed by atoms with E-state index < -0.39 is 0 Å². The molecule has 1 amide bonds. The van der Waals surface area contributed by atoms with E-state index in [-0.39, 0.29) is 12.5 Å². The SMILES string of the molecule is NCc1ccccc1OCC(=O)NCCOC1CCCC1. The molecule has 1 fully saturated rings. The third-order valence-corrected chi connectivity index (χ3v) is 3.63. The third kappa shape index (κ3) is 5.36. The average molecular weight is 292 g/mol. The molecule has 1 saturated carbocycles. The fraction of sp³-hybridized carbons (Fsp3) is 0.562. The van der Waals surface area contributed by atoms with Gasteiger partial charge in [0.25, 0.3) is 5.91 Å². The van der Waals surface area contributed by atoms with Crippen LogP contribution in [-0.4, -0.2) is 31.8 Å². The molecular weight excluding hydrogens is 268 g/mol. The number of rotatable bonds is 8. The number of amides is 1. The summed E-state index contributed by atoms with van der Waals surface area (Å²) in [5.74, 6) is 0.522. The predicted octanol–water partition coefficient (Wildman–Crippen LogP) is 1.60. The summed E-state index contributed by atoms with van der Waals surface area (Å²) in [6.07, 6.45) is 5.19. The van der Waals surface area contributed by atoms with Crippen LogP contribution >= 0.6 is 0 Å². The molecule has 0 aromatic heterocycles. The number of para-hydroxylation sites is 1. The largest absolute Gasteiger partial charge is 0.483 e. The number of hydrogen-bond acceptors (Lipinski definition) is 4. The quantitative estimate of drug-likeness (QED) is 0.714. The molecule has 0 radical (unpaired) electrons. The van der Waals surface area contributed by atoms with Crippen LogP contribution in [0.2, 0.25) is 0 Å². The van der Waals surface area contributed by atoms with E-state index in [0.717, 1.165) is 18.4 Å². The highest BCUT2D eigenvalue weighted by Gasteiger charge is 2.14. The lowest BCUT2D eigenvalue weighted by molar-refractivity contribution is -0.123. The van der Waals surface area contributed by atoms with Gasteiger partial charge in [-0.2, -0.15) is 0 Å². The zero-order valence-corrected chi connectivity index (χ0v) is 12.3. The molecule has 5 heteroatoms. The van der Waals surface area contributed by atoms with Gasteiger partial charge in [0.2, 0.25) is 0 Å². The first-order valence-electron chi connectivity index (χ1n) is 7.58. The minimum absolute atomic E-state index is 0.000438. The second kappa shape index (κ2) is 8.64. The molecule has 0 aliphatic heterocycles. The Hall–Kier alpha value is -1.59. The lowest BCUT2D eigenvalue weighted by atomic mass is 10.2. The van der Waals surface area contributed by atoms with Crippen LogP contribution in [0.5, 0.6) is 5.75 Å². The summed E-state index contributed by atoms with van der Waals surface area (Å²) in [5.41, 5.74) is 6.52. The summed E-state index contributed by atoms with van der Waals surface area (Å²) in [6.45, 7) is 1.49. The van der Waals surface area contributed by atoms with Crippen LogP contribution in [0.4, 0.5) is 0 Å². The molecule has 0 saturated heterocycles. The molecular formula is C16H24N2O3. The molecule has 0 unspecified atom stereocenters. The molecule has 0 bridgehead atoms. The number of nitrogens with one attached hydrogen (secondary N) is 1. The fourth-order valence-electron chi connectivity index (χ4n) is 2.48. The van der Waals surface area contributed by atoms with Crippen molar-refractivity contribution in [3.05, 3.63) is 29.8 Å². The van der Waals surface area contributed by atoms with Crippen LogP contribution < -0.4 is 15.8 Å². The van der Waals surface area contributed by atoms with Crippen LogP contribution in [-0.2, 0) is 16.1 Å². The number of hydrogen-bond donors (Lipinski definition) is 2. The van der Waals surface area contributed by atoms with Gasteiger partial charge in [0, 0.05) is 18.7 Å². The molecule has 1 aromatic carbocycles. The molecule has 5 nitrogen and oxygen atoms in total. The summed E-state index contributed by atoms with van der Waals surface area (Å²) in [6, 6.07) is 7.47. The van der Waals surface area contributed by atoms with E-state index in [0.29, 0.717) is 31.5 Å². The highest BCUT2D eigenvalue weighted by Crippen LogP contribution is 2.20. The van der Waals surface area contributed by atoms with Crippen LogP contribution in [0.3, 0.4) is 0 Å². The van der Waals surface area contributed by atoms with Gasteiger partial charge in [-0.3, -0.25) is 4.79 Å². The Bertz CT molecular complexity index is 445. The van der Waals surface area contributed by atoms with Crippen molar-refractivity contribution in [1.82, 2.24) is 5.32 Å². The van der Waals surface area contributed by atoms with Gasteiger partial charge in [0.1, 0.15) is 5.75 Å². The van der Waals surface area contributed by atoms with E-state index in [4.69, 9.17) is 15.2 Å². The van der Waals surface area contributed by atoms with Crippen molar-refractivity contribution in [2.24, 2.45) is 5.73 Å². The second-order valence-electron chi connectivity index (χ2n) is 5.23. The van der Waals surface area contributed by atoms with E-state index in [9.17, 15) is 4.79 Å². The predicted molar refractivity (Wildman–Crippen MR) is 81.0 cm³/mol. The van der Waals surface area contributed by atoms with Gasteiger partial charge in [-0.1, -0.05) is 31.0 Å². The van der Waals surface area contributed by atoms with E-state index in [1.54, 1.807) is 0 Å². The van der Waals surface area contributed by atoms with Gasteiger partial charge >= 0.3 is 0 Å². The zero-order chi connectivity index (χ0) is 14.9. The maximum Gasteiger partial charge on any atom is 0.258 e. The van der Waals surface area contributed by atoms with Crippen molar-refractivity contribution in [2.45, 2.75) is 38.3 Å². The average Bonchev–Trinajstić information content (AvgIpc) is 3.03. The first kappa shape index (κ1) is 15.8. The summed E-state index contributed by atoms with van der Waals surface area (Å²) in [7, 11) is 0. The topological polar surface area (TPSA) is 73.6 Å². The van der Waals surface area contributed by atoms with Crippen molar-refractivity contribution in [1.29, 1.82) is 0 Å². The summed E-state index contributed by atoms with van der Waals surface area (Å²) >= 11 is 0. The molecule has 3 N–H and O–H groups in total. The van der Waals surface area contributed by atoms with Crippen molar-refractivity contribution in [3.63, 3.8) is 0 Å². The summed E-state index contributed by atoms with van der Waals surface area (Å²) in [5, 5.41) is 2.79. The fourth-order valence-corrected chi connectivity index (χ4v) is 2.48. The highest BCUT2D eigenvalue weighted by atomic mass is 16.5. The van der Waals surface area contributed by atoms with Gasteiger partial charge in [-0.25, -0.2) is 0 Å². The molecule has 0 heterocycles. The van der Waals surface area contributed by atoms with Gasteiger partial charge in [-0.15, -0.1) is 0 Å². The molecule has 21 heavy (non-hydrogen) atoms. The van der Waals surface area contributed by atoms with E-state index >= 15 is 0 Å². The van der Waals surface area contributed by atoms with Crippen molar-refractivity contribution in [3.8, 4) is 5.75 Å². The minimum atomic E-state index is -0.142. The van der Waals surface area contributed by atoms with E-state index in [2.05, 4.69) is 5.32 Å². The molecule has 1 aromatic rings. The second-order valence-corrected chi connectivity index (χ2v) is 5.23. The van der Waals surface area contributed by atoms with Gasteiger partial charge in [0.05, 0.1) is 12.7 Å². The molecule has 0 spiro atoms. The Morgan fingerprint density at radius 3 is 2.81 bits per heavy atom. The maximum atomic E-state index is 11.7. The molecule has 1 aliphatic rings. The molecule has 2 rings (SSSR count). The minimum Gasteiger partial charge on any atom is -0.483 e. The van der Waals surface area contributed by atoms with Crippen molar-refractivity contribution in [2.75, 3.05) is 19.8 Å². The number of ether oxygens (including phenoxy) is 2. The molecule has 0 atom stereocenters. The van der Waals surface area contributed by atoms with Crippen LogP contribution in [0.15, 0.2) is 24.3 Å². The summed E-state index contributed by atoms with van der Waals surface area (Å²) < 4.78 is 11.2. The van der Waals surface area contributed by atoms with Crippen molar-refractivity contribution >= 4 is 5.91 Å². The Balaban J connectivity index is 1.60. The van der Waals surface area contributed by atoms with E-state index in [1.165, 1.54) is 12.8 Å². The van der Waals surface area contributed by atoms with Crippen LogP contribution in [0.25, 0.3) is 0 Å². The highest BCUT2D eigenvalue weighted by molar-refractivity contribution is 5.77. The Labute approximate surface area is 125 Å². The third-order valence-electron chi connectivity index (χ3n) is 3.63. The Kier molecular flexibility index (Phi) is 6.50. The molecule has 1 aliphatic carbocycles. The van der Waals surface area contributed by atoms with Gasteiger partial charge in [-0.05, 0) is 18.9 Å². The summed E-state index contributed by atoms with van der Waals surface area (Å²) in [4.78, 5) is 11.7. The number of carbonyl (C=O) groups excluding carboxylic acids is 1. The first-order valence-corrected chi connectivity index (χ1v) is 7.58. The smallest absolute Gasteiger partial charge is 0.258 e. The van der Waals surface area contributed by atoms with Crippen LogP contribution in [0, 0.1) is 0 Å². The zero-order valence-electron chi connectivity index (χ0n) is 12.3. The molecule has 116 valence electrons. The van der Waals surface area contributed by atoms with Gasteiger partial charge in [0.15, 0.2) is 6.61 Å². The maximum absolute atomic E-state index is 11.7. The number of benzene rings is 1. The standard InChI is InChI=1S/C16H24N2O3/c17-11-13-5-1-4-8-15(13)21-12-16(19)18-9-10-20-14-6-2-3-7-14/h1,4-5,8,14H,2-3,6-7,9-12,17H2,(H,18,19).